The van der Waals surface area contributed by atoms with Crippen molar-refractivity contribution in [2.45, 2.75) is 20.8 Å². The highest BCUT2D eigenvalue weighted by molar-refractivity contribution is 5.97. The van der Waals surface area contributed by atoms with E-state index in [1.807, 2.05) is 20.9 Å². The predicted molar refractivity (Wildman–Crippen MR) is 77.0 cm³/mol. The summed E-state index contributed by atoms with van der Waals surface area (Å²) in [6.45, 7) is 7.66. The third-order valence-electron chi connectivity index (χ3n) is 3.95. The Morgan fingerprint density at radius 2 is 1.95 bits per heavy atom. The average Bonchev–Trinajstić information content (AvgIpc) is 2.30. The summed E-state index contributed by atoms with van der Waals surface area (Å²) in [5, 5.41) is 3.13. The highest BCUT2D eigenvalue weighted by Crippen LogP contribution is 2.37. The van der Waals surface area contributed by atoms with E-state index in [2.05, 4.69) is 18.3 Å². The lowest BCUT2D eigenvalue weighted by Crippen LogP contribution is -2.51. The summed E-state index contributed by atoms with van der Waals surface area (Å²) < 4.78 is 5.53. The Morgan fingerprint density at radius 3 is 2.42 bits per heavy atom. The zero-order valence-electron chi connectivity index (χ0n) is 12.3. The molecule has 2 rings (SSSR count). The van der Waals surface area contributed by atoms with Crippen molar-refractivity contribution in [1.82, 2.24) is 5.32 Å². The maximum absolute atomic E-state index is 12.4. The molecule has 0 spiro atoms. The fraction of sp³-hybridized carbons (Fsp3) is 0.533. The minimum absolute atomic E-state index is 0.0933. The van der Waals surface area contributed by atoms with Gasteiger partial charge in [-0.15, -0.1) is 0 Å². The van der Waals surface area contributed by atoms with Crippen LogP contribution in [0.25, 0.3) is 0 Å². The number of nitrogens with zero attached hydrogens (tertiary/aromatic N) is 1. The molecule has 4 nitrogen and oxygen atoms in total. The van der Waals surface area contributed by atoms with Crippen LogP contribution in [0.2, 0.25) is 0 Å². The van der Waals surface area contributed by atoms with E-state index in [-0.39, 0.29) is 11.8 Å². The monoisotopic (exact) mass is 262 g/mol. The summed E-state index contributed by atoms with van der Waals surface area (Å²) in [5.74, 6) is 1.06. The average molecular weight is 262 g/mol. The zero-order chi connectivity index (χ0) is 14.2. The molecule has 0 unspecified atom stereocenters. The van der Waals surface area contributed by atoms with Gasteiger partial charge in [-0.2, -0.15) is 0 Å². The third-order valence-corrected chi connectivity index (χ3v) is 3.95. The number of hydrogen-bond acceptors (Lipinski definition) is 3. The van der Waals surface area contributed by atoms with Crippen LogP contribution in [0.3, 0.4) is 0 Å². The molecule has 0 atom stereocenters. The lowest BCUT2D eigenvalue weighted by molar-refractivity contribution is -0.123. The molecular formula is C15H22N2O2. The van der Waals surface area contributed by atoms with Gasteiger partial charge in [-0.3, -0.25) is 4.79 Å². The van der Waals surface area contributed by atoms with Crippen molar-refractivity contribution in [3.05, 3.63) is 22.8 Å². The second-order valence-electron chi connectivity index (χ2n) is 5.27. The molecule has 1 aromatic rings. The minimum atomic E-state index is 0.0933. The van der Waals surface area contributed by atoms with E-state index in [1.54, 1.807) is 12.0 Å². The largest absolute Gasteiger partial charge is 0.494 e. The molecule has 1 aromatic carbocycles. The van der Waals surface area contributed by atoms with Crippen molar-refractivity contribution >= 4 is 11.6 Å². The number of ether oxygens (including phenoxy) is 1. The number of hydrogen-bond donors (Lipinski definition) is 1. The molecule has 0 bridgehead atoms. The van der Waals surface area contributed by atoms with E-state index in [4.69, 9.17) is 4.74 Å². The summed E-state index contributed by atoms with van der Waals surface area (Å²) in [7, 11) is 3.49. The zero-order valence-corrected chi connectivity index (χ0v) is 12.3. The summed E-state index contributed by atoms with van der Waals surface area (Å²) in [6, 6.07) is 2.11. The first kappa shape index (κ1) is 13.9. The Morgan fingerprint density at radius 1 is 1.32 bits per heavy atom. The van der Waals surface area contributed by atoms with Crippen LogP contribution in [0, 0.1) is 26.7 Å². The van der Waals surface area contributed by atoms with Gasteiger partial charge in [0.15, 0.2) is 0 Å². The normalized spacial score (nSPS) is 15.0. The number of nitrogens with one attached hydrogen (secondary N) is 1. The maximum Gasteiger partial charge on any atom is 0.232 e. The van der Waals surface area contributed by atoms with E-state index in [0.717, 1.165) is 35.7 Å². The minimum Gasteiger partial charge on any atom is -0.494 e. The number of aryl methyl sites for hydroxylation is 2. The number of benzene rings is 1. The molecule has 0 aromatic heterocycles. The van der Waals surface area contributed by atoms with Gasteiger partial charge in [-0.05, 0) is 37.5 Å². The Kier molecular flexibility index (Phi) is 3.80. The number of rotatable bonds is 3. The van der Waals surface area contributed by atoms with Crippen LogP contribution in [0.5, 0.6) is 5.75 Å². The maximum atomic E-state index is 12.4. The topological polar surface area (TPSA) is 41.6 Å². The molecule has 1 aliphatic rings. The summed E-state index contributed by atoms with van der Waals surface area (Å²) in [6.07, 6.45) is 0. The van der Waals surface area contributed by atoms with Crippen LogP contribution in [0.1, 0.15) is 16.7 Å². The highest BCUT2D eigenvalue weighted by atomic mass is 16.5. The summed E-state index contributed by atoms with van der Waals surface area (Å²) in [5.41, 5.74) is 4.24. The SMILES string of the molecule is COc1c(C)c(C)cc(C)c1N(C)C(=O)C1CNC1. The van der Waals surface area contributed by atoms with Crippen LogP contribution in [-0.4, -0.2) is 33.2 Å². The molecule has 1 heterocycles. The Labute approximate surface area is 114 Å². The van der Waals surface area contributed by atoms with Crippen molar-refractivity contribution in [1.29, 1.82) is 0 Å². The van der Waals surface area contributed by atoms with E-state index in [1.165, 1.54) is 5.56 Å². The van der Waals surface area contributed by atoms with Gasteiger partial charge in [0.05, 0.1) is 18.7 Å². The third kappa shape index (κ3) is 2.32. The first-order valence-corrected chi connectivity index (χ1v) is 6.60. The predicted octanol–water partition coefficient (Wildman–Crippen LogP) is 1.80. The fourth-order valence-electron chi connectivity index (χ4n) is 2.55. The van der Waals surface area contributed by atoms with E-state index in [0.29, 0.717) is 0 Å². The Bertz CT molecular complexity index is 507. The first-order chi connectivity index (χ1) is 8.97. The van der Waals surface area contributed by atoms with E-state index >= 15 is 0 Å². The van der Waals surface area contributed by atoms with Crippen molar-refractivity contribution in [2.75, 3.05) is 32.1 Å². The number of methoxy groups -OCH3 is 1. The van der Waals surface area contributed by atoms with Crippen molar-refractivity contribution in [2.24, 2.45) is 5.92 Å². The molecule has 0 radical (unpaired) electrons. The Hall–Kier alpha value is -1.55. The van der Waals surface area contributed by atoms with E-state index < -0.39 is 0 Å². The molecule has 1 aliphatic heterocycles. The van der Waals surface area contributed by atoms with Gasteiger partial charge in [0.1, 0.15) is 5.75 Å². The molecular weight excluding hydrogens is 240 g/mol. The van der Waals surface area contributed by atoms with E-state index in [9.17, 15) is 4.79 Å². The molecule has 1 saturated heterocycles. The van der Waals surface area contributed by atoms with Gasteiger partial charge >= 0.3 is 0 Å². The number of carbonyl (C=O) groups is 1. The van der Waals surface area contributed by atoms with Crippen molar-refractivity contribution in [3.63, 3.8) is 0 Å². The van der Waals surface area contributed by atoms with Crippen molar-refractivity contribution < 1.29 is 9.53 Å². The Balaban J connectivity index is 2.42. The highest BCUT2D eigenvalue weighted by Gasteiger charge is 2.30. The number of amides is 1. The van der Waals surface area contributed by atoms with Gasteiger partial charge in [-0.1, -0.05) is 6.07 Å². The van der Waals surface area contributed by atoms with Gasteiger partial charge in [0, 0.05) is 20.1 Å². The number of anilines is 1. The van der Waals surface area contributed by atoms with Crippen molar-refractivity contribution in [3.8, 4) is 5.75 Å². The smallest absolute Gasteiger partial charge is 0.232 e. The van der Waals surface area contributed by atoms with Gasteiger partial charge in [-0.25, -0.2) is 0 Å². The molecule has 1 fully saturated rings. The van der Waals surface area contributed by atoms with Gasteiger partial charge < -0.3 is 15.0 Å². The van der Waals surface area contributed by atoms with Crippen LogP contribution in [-0.2, 0) is 4.79 Å². The number of carbonyl (C=O) groups excluding carboxylic acids is 1. The van der Waals surface area contributed by atoms with Crippen LogP contribution >= 0.6 is 0 Å². The fourth-order valence-corrected chi connectivity index (χ4v) is 2.55. The van der Waals surface area contributed by atoms with Gasteiger partial charge in [0.25, 0.3) is 0 Å². The second kappa shape index (κ2) is 5.21. The summed E-state index contributed by atoms with van der Waals surface area (Å²) >= 11 is 0. The molecule has 0 aliphatic carbocycles. The molecule has 0 saturated carbocycles. The molecule has 19 heavy (non-hydrogen) atoms. The van der Waals surface area contributed by atoms with Gasteiger partial charge in [0.2, 0.25) is 5.91 Å². The van der Waals surface area contributed by atoms with Crippen LogP contribution < -0.4 is 15.0 Å². The molecule has 4 heteroatoms. The quantitative estimate of drug-likeness (QED) is 0.903. The second-order valence-corrected chi connectivity index (χ2v) is 5.27. The van der Waals surface area contributed by atoms with Crippen LogP contribution in [0.15, 0.2) is 6.07 Å². The first-order valence-electron chi connectivity index (χ1n) is 6.60. The molecule has 104 valence electrons. The van der Waals surface area contributed by atoms with Crippen LogP contribution in [0.4, 0.5) is 5.69 Å². The lowest BCUT2D eigenvalue weighted by Gasteiger charge is -2.32. The molecule has 1 amide bonds. The lowest BCUT2D eigenvalue weighted by atomic mass is 9.99. The summed E-state index contributed by atoms with van der Waals surface area (Å²) in [4.78, 5) is 14.1. The molecule has 1 N–H and O–H groups in total. The standard InChI is InChI=1S/C15H22N2O2/c1-9-6-10(2)13(14(19-5)11(9)3)17(4)15(18)12-7-16-8-12/h6,12,16H,7-8H2,1-5H3.